The molecule has 0 saturated carbocycles. The molecular weight excluding hydrogens is 147 g/mol. The fourth-order valence-electron chi connectivity index (χ4n) is 0.866. The molecule has 0 aliphatic rings. The van der Waals surface area contributed by atoms with Crippen LogP contribution in [0.1, 0.15) is 20.8 Å². The van der Waals surface area contributed by atoms with Crippen LogP contribution in [0.4, 0.5) is 0 Å². The van der Waals surface area contributed by atoms with Crippen molar-refractivity contribution in [2.24, 2.45) is 0 Å². The van der Waals surface area contributed by atoms with Crippen LogP contribution in [-0.2, 0) is 0 Å². The van der Waals surface area contributed by atoms with E-state index in [-0.39, 0.29) is 14.1 Å². The van der Waals surface area contributed by atoms with E-state index in [0.717, 1.165) is 0 Å². The van der Waals surface area contributed by atoms with E-state index in [2.05, 4.69) is 33.9 Å². The molecule has 0 fully saturated rings. The minimum absolute atomic E-state index is 0.171. The molecule has 0 radical (unpaired) electrons. The van der Waals surface area contributed by atoms with Gasteiger partial charge in [0.1, 0.15) is 0 Å². The molecule has 0 aliphatic heterocycles. The van der Waals surface area contributed by atoms with Gasteiger partial charge in [-0.15, -0.1) is 0 Å². The van der Waals surface area contributed by atoms with Crippen LogP contribution in [0.5, 0.6) is 0 Å². The van der Waals surface area contributed by atoms with Crippen LogP contribution in [0, 0.1) is 0 Å². The minimum atomic E-state index is -0.171. The maximum atomic E-state index is 3.36. The number of allylic oxidation sites excluding steroid dienone is 2. The van der Waals surface area contributed by atoms with E-state index in [1.54, 1.807) is 12.2 Å². The summed E-state index contributed by atoms with van der Waals surface area (Å²) in [6.07, 6.45) is 3.28. The summed E-state index contributed by atoms with van der Waals surface area (Å²) < 4.78 is 0. The average molecular weight is 168 g/mol. The molecule has 0 unspecified atom stereocenters. The second-order valence-corrected chi connectivity index (χ2v) is 6.74. The lowest BCUT2D eigenvalue weighted by Crippen LogP contribution is -2.04. The molecule has 1 heteroatoms. The second kappa shape index (κ2) is 12.7. The van der Waals surface area contributed by atoms with E-state index in [0.29, 0.717) is 0 Å². The maximum absolute atomic E-state index is 3.36. The first-order valence-corrected chi connectivity index (χ1v) is 6.95. The first-order chi connectivity index (χ1) is 5.26. The first-order valence-electron chi connectivity index (χ1n) is 4.50. The SMILES string of the molecule is C=CC=C.C[CH2][Al]([CH2]C)[CH2]C. The number of hydrogen-bond acceptors (Lipinski definition) is 0. The Balaban J connectivity index is 0. The van der Waals surface area contributed by atoms with Gasteiger partial charge in [-0.05, 0) is 0 Å². The zero-order valence-corrected chi connectivity index (χ0v) is 9.42. The van der Waals surface area contributed by atoms with Crippen molar-refractivity contribution < 1.29 is 0 Å². The molecule has 0 rings (SSSR count). The van der Waals surface area contributed by atoms with Crippen molar-refractivity contribution in [3.63, 3.8) is 0 Å². The molecule has 0 spiro atoms. The summed E-state index contributed by atoms with van der Waals surface area (Å²) in [5, 5.41) is 4.48. The third-order valence-corrected chi connectivity index (χ3v) is 5.36. The Morgan fingerprint density at radius 3 is 1.18 bits per heavy atom. The number of rotatable bonds is 4. The molecule has 0 atom stereocenters. The molecule has 0 N–H and O–H groups in total. The summed E-state index contributed by atoms with van der Waals surface area (Å²) in [5.74, 6) is 0. The Morgan fingerprint density at radius 2 is 1.18 bits per heavy atom. The van der Waals surface area contributed by atoms with Crippen LogP contribution in [0.15, 0.2) is 25.3 Å². The van der Waals surface area contributed by atoms with E-state index >= 15 is 0 Å². The summed E-state index contributed by atoms with van der Waals surface area (Å²) in [6, 6.07) is 0. The Morgan fingerprint density at radius 1 is 0.909 bits per heavy atom. The van der Waals surface area contributed by atoms with Crippen LogP contribution >= 0.6 is 0 Å². The third-order valence-electron chi connectivity index (χ3n) is 1.90. The van der Waals surface area contributed by atoms with Gasteiger partial charge in [0, 0.05) is 0 Å². The van der Waals surface area contributed by atoms with Crippen LogP contribution < -0.4 is 0 Å². The van der Waals surface area contributed by atoms with Gasteiger partial charge in [0.05, 0.1) is 0 Å². The van der Waals surface area contributed by atoms with E-state index in [1.807, 2.05) is 0 Å². The summed E-state index contributed by atoms with van der Waals surface area (Å²) in [7, 11) is 0. The molecule has 0 aromatic rings. The fraction of sp³-hybridized carbons (Fsp3) is 0.600. The maximum Gasteiger partial charge on any atom is 0.261 e. The minimum Gasteiger partial charge on any atom is -0.0991 e. The van der Waals surface area contributed by atoms with Gasteiger partial charge in [-0.25, -0.2) is 0 Å². The van der Waals surface area contributed by atoms with E-state index in [9.17, 15) is 0 Å². The molecule has 64 valence electrons. The van der Waals surface area contributed by atoms with Crippen molar-refractivity contribution in [3.8, 4) is 0 Å². The topological polar surface area (TPSA) is 0 Å². The van der Waals surface area contributed by atoms with Crippen LogP contribution in [0.3, 0.4) is 0 Å². The Bertz CT molecular complexity index is 71.4. The molecule has 0 nitrogen and oxygen atoms in total. The first kappa shape index (κ1) is 13.6. The van der Waals surface area contributed by atoms with Crippen LogP contribution in [0.25, 0.3) is 0 Å². The standard InChI is InChI=1S/C4H6.3C2H5.Al/c1-3-4-2;3*1-2;/h3-4H,1-2H2;3*1H2,2H3;. The normalized spacial score (nSPS) is 7.55. The fourth-order valence-corrected chi connectivity index (χ4v) is 2.60. The predicted octanol–water partition coefficient (Wildman–Crippen LogP) is 3.90. The van der Waals surface area contributed by atoms with E-state index < -0.39 is 0 Å². The molecule has 0 aliphatic carbocycles. The highest BCUT2D eigenvalue weighted by Crippen LogP contribution is 2.01. The summed E-state index contributed by atoms with van der Waals surface area (Å²) in [6.45, 7) is 13.7. The molecule has 11 heavy (non-hydrogen) atoms. The summed E-state index contributed by atoms with van der Waals surface area (Å²) in [4.78, 5) is 0. The lowest BCUT2D eigenvalue weighted by atomic mass is 10.6. The Labute approximate surface area is 76.4 Å². The van der Waals surface area contributed by atoms with Gasteiger partial charge in [0.2, 0.25) is 0 Å². The largest absolute Gasteiger partial charge is 0.261 e. The van der Waals surface area contributed by atoms with Gasteiger partial charge in [0.15, 0.2) is 0 Å². The Kier molecular flexibility index (Phi) is 15.7. The highest BCUT2D eigenvalue weighted by atomic mass is 27.2. The zero-order chi connectivity index (χ0) is 9.11. The molecule has 0 amide bonds. The predicted molar refractivity (Wildman–Crippen MR) is 57.6 cm³/mol. The van der Waals surface area contributed by atoms with Gasteiger partial charge in [0.25, 0.3) is 14.1 Å². The third kappa shape index (κ3) is 13.1. The van der Waals surface area contributed by atoms with Crippen molar-refractivity contribution in [1.29, 1.82) is 0 Å². The molecular formula is C10H21Al. The highest BCUT2D eigenvalue weighted by Gasteiger charge is 2.05. The van der Waals surface area contributed by atoms with Crippen molar-refractivity contribution in [3.05, 3.63) is 25.3 Å². The summed E-state index contributed by atoms with van der Waals surface area (Å²) in [5.41, 5.74) is 0. The van der Waals surface area contributed by atoms with Gasteiger partial charge >= 0.3 is 0 Å². The average Bonchev–Trinajstić information content (AvgIpc) is 2.08. The summed E-state index contributed by atoms with van der Waals surface area (Å²) >= 11 is -0.171. The lowest BCUT2D eigenvalue weighted by molar-refractivity contribution is 1.24. The zero-order valence-electron chi connectivity index (χ0n) is 8.27. The quantitative estimate of drug-likeness (QED) is 0.441. The van der Waals surface area contributed by atoms with Crippen molar-refractivity contribution in [1.82, 2.24) is 0 Å². The van der Waals surface area contributed by atoms with Gasteiger partial charge in [-0.2, -0.15) is 0 Å². The van der Waals surface area contributed by atoms with Crippen molar-refractivity contribution in [2.75, 3.05) is 0 Å². The highest BCUT2D eigenvalue weighted by molar-refractivity contribution is 6.58. The molecule has 0 aromatic carbocycles. The molecule has 0 saturated heterocycles. The van der Waals surface area contributed by atoms with Crippen molar-refractivity contribution in [2.45, 2.75) is 36.6 Å². The monoisotopic (exact) mass is 168 g/mol. The lowest BCUT2D eigenvalue weighted by Gasteiger charge is -1.97. The second-order valence-electron chi connectivity index (χ2n) is 2.56. The molecule has 0 bridgehead atoms. The molecule has 0 heterocycles. The van der Waals surface area contributed by atoms with Gasteiger partial charge in [-0.3, -0.25) is 0 Å². The van der Waals surface area contributed by atoms with E-state index in [1.165, 1.54) is 15.8 Å². The van der Waals surface area contributed by atoms with E-state index in [4.69, 9.17) is 0 Å². The smallest absolute Gasteiger partial charge is 0.0991 e. The van der Waals surface area contributed by atoms with Gasteiger partial charge < -0.3 is 0 Å². The Hall–Kier alpha value is 0.0125. The van der Waals surface area contributed by atoms with Crippen LogP contribution in [0.2, 0.25) is 15.8 Å². The van der Waals surface area contributed by atoms with Crippen molar-refractivity contribution >= 4 is 14.1 Å². The van der Waals surface area contributed by atoms with Crippen LogP contribution in [-0.4, -0.2) is 14.1 Å². The van der Waals surface area contributed by atoms with Gasteiger partial charge in [-0.1, -0.05) is 61.9 Å². The molecule has 0 aromatic heterocycles. The number of hydrogen-bond donors (Lipinski definition) is 0.